The van der Waals surface area contributed by atoms with Crippen LogP contribution in [0.2, 0.25) is 0 Å². The Bertz CT molecular complexity index is 1340. The zero-order chi connectivity index (χ0) is 24.3. The number of thioether (sulfide) groups is 1. The third-order valence-corrected chi connectivity index (χ3v) is 8.58. The topological polar surface area (TPSA) is 89.3 Å². The Kier molecular flexibility index (Phi) is 7.42. The van der Waals surface area contributed by atoms with Gasteiger partial charge < -0.3 is 4.90 Å². The summed E-state index contributed by atoms with van der Waals surface area (Å²) >= 11 is 1.23. The van der Waals surface area contributed by atoms with Gasteiger partial charge in [0.25, 0.3) is 5.56 Å². The lowest BCUT2D eigenvalue weighted by Crippen LogP contribution is -2.41. The Morgan fingerprint density at radius 1 is 1.15 bits per heavy atom. The first-order valence-corrected chi connectivity index (χ1v) is 14.2. The van der Waals surface area contributed by atoms with Crippen molar-refractivity contribution in [3.63, 3.8) is 0 Å². The standard InChI is InChI=1S/C25H29N3O4S2/c1-18(2)14-28-24(30)21-10-6-7-11-22(21)26-25(28)33-16-23(29)27(15-19-8-4-3-5-9-19)20-12-13-34(31,32)17-20/h3-11,18,20H,12-17H2,1-2H3/t20-/m1/s1. The number of aromatic nitrogens is 2. The minimum atomic E-state index is -3.14. The van der Waals surface area contributed by atoms with E-state index in [1.165, 1.54) is 11.8 Å². The summed E-state index contributed by atoms with van der Waals surface area (Å²) in [6, 6.07) is 16.5. The molecule has 1 aliphatic rings. The molecule has 9 heteroatoms. The van der Waals surface area contributed by atoms with Crippen molar-refractivity contribution in [2.45, 2.75) is 44.6 Å². The normalized spacial score (nSPS) is 17.3. The maximum Gasteiger partial charge on any atom is 0.262 e. The fraction of sp³-hybridized carbons (Fsp3) is 0.400. The van der Waals surface area contributed by atoms with Crippen molar-refractivity contribution in [3.8, 4) is 0 Å². The summed E-state index contributed by atoms with van der Waals surface area (Å²) < 4.78 is 25.9. The first kappa shape index (κ1) is 24.5. The Balaban J connectivity index is 1.60. The Morgan fingerprint density at radius 3 is 2.53 bits per heavy atom. The average molecular weight is 500 g/mol. The van der Waals surface area contributed by atoms with Crippen molar-refractivity contribution in [2.24, 2.45) is 5.92 Å². The fourth-order valence-corrected chi connectivity index (χ4v) is 6.84. The SMILES string of the molecule is CC(C)Cn1c(SCC(=O)N(Cc2ccccc2)[C@@H]2CCS(=O)(=O)C2)nc2ccccc2c1=O. The summed E-state index contributed by atoms with van der Waals surface area (Å²) in [4.78, 5) is 32.9. The van der Waals surface area contributed by atoms with E-state index >= 15 is 0 Å². The van der Waals surface area contributed by atoms with Gasteiger partial charge in [-0.15, -0.1) is 0 Å². The van der Waals surface area contributed by atoms with E-state index in [-0.39, 0.29) is 40.7 Å². The second-order valence-corrected chi connectivity index (χ2v) is 12.2. The van der Waals surface area contributed by atoms with E-state index in [4.69, 9.17) is 0 Å². The molecule has 2 aromatic carbocycles. The van der Waals surface area contributed by atoms with E-state index in [0.717, 1.165) is 5.56 Å². The lowest BCUT2D eigenvalue weighted by molar-refractivity contribution is -0.130. The number of fused-ring (bicyclic) bond motifs is 1. The van der Waals surface area contributed by atoms with Gasteiger partial charge in [0, 0.05) is 19.1 Å². The number of rotatable bonds is 8. The van der Waals surface area contributed by atoms with Crippen LogP contribution in [0, 0.1) is 5.92 Å². The van der Waals surface area contributed by atoms with Crippen LogP contribution in [-0.2, 0) is 27.7 Å². The molecule has 180 valence electrons. The Morgan fingerprint density at radius 2 is 1.85 bits per heavy atom. The van der Waals surface area contributed by atoms with Crippen molar-refractivity contribution < 1.29 is 13.2 Å². The van der Waals surface area contributed by atoms with Gasteiger partial charge in [0.15, 0.2) is 15.0 Å². The maximum atomic E-state index is 13.4. The zero-order valence-corrected chi connectivity index (χ0v) is 21.0. The summed E-state index contributed by atoms with van der Waals surface area (Å²) in [6.07, 6.45) is 0.442. The second kappa shape index (κ2) is 10.3. The van der Waals surface area contributed by atoms with Gasteiger partial charge in [0.05, 0.1) is 28.2 Å². The van der Waals surface area contributed by atoms with Gasteiger partial charge in [0.1, 0.15) is 0 Å². The quantitative estimate of drug-likeness (QED) is 0.349. The summed E-state index contributed by atoms with van der Waals surface area (Å²) in [7, 11) is -3.14. The Labute approximate surface area is 204 Å². The molecule has 0 radical (unpaired) electrons. The molecule has 1 atom stereocenters. The van der Waals surface area contributed by atoms with Gasteiger partial charge in [-0.25, -0.2) is 13.4 Å². The van der Waals surface area contributed by atoms with E-state index in [9.17, 15) is 18.0 Å². The molecule has 1 saturated heterocycles. The second-order valence-electron chi connectivity index (χ2n) is 9.07. The summed E-state index contributed by atoms with van der Waals surface area (Å²) in [6.45, 7) is 4.92. The largest absolute Gasteiger partial charge is 0.334 e. The van der Waals surface area contributed by atoms with Crippen LogP contribution in [0.1, 0.15) is 25.8 Å². The summed E-state index contributed by atoms with van der Waals surface area (Å²) in [5.41, 5.74) is 1.44. The lowest BCUT2D eigenvalue weighted by Gasteiger charge is -2.28. The molecule has 0 unspecified atom stereocenters. The van der Waals surface area contributed by atoms with Gasteiger partial charge in [-0.3, -0.25) is 14.2 Å². The van der Waals surface area contributed by atoms with Crippen molar-refractivity contribution >= 4 is 38.4 Å². The van der Waals surface area contributed by atoms with Crippen LogP contribution in [0.15, 0.2) is 64.5 Å². The number of carbonyl (C=O) groups is 1. The molecule has 0 N–H and O–H groups in total. The van der Waals surface area contributed by atoms with Crippen molar-refractivity contribution in [1.82, 2.24) is 14.5 Å². The molecule has 34 heavy (non-hydrogen) atoms. The van der Waals surface area contributed by atoms with E-state index in [1.807, 2.05) is 56.3 Å². The average Bonchev–Trinajstić information content (AvgIpc) is 3.17. The van der Waals surface area contributed by atoms with Crippen LogP contribution in [0.25, 0.3) is 10.9 Å². The molecule has 0 saturated carbocycles. The number of amides is 1. The van der Waals surface area contributed by atoms with Crippen molar-refractivity contribution in [2.75, 3.05) is 17.3 Å². The minimum absolute atomic E-state index is 0.0114. The number of sulfone groups is 1. The zero-order valence-electron chi connectivity index (χ0n) is 19.4. The molecular weight excluding hydrogens is 470 g/mol. The van der Waals surface area contributed by atoms with E-state index in [2.05, 4.69) is 4.98 Å². The Hall–Kier alpha value is -2.65. The molecule has 1 aliphatic heterocycles. The number of carbonyl (C=O) groups excluding carboxylic acids is 1. The third-order valence-electron chi connectivity index (χ3n) is 5.86. The molecule has 1 fully saturated rings. The molecule has 7 nitrogen and oxygen atoms in total. The van der Waals surface area contributed by atoms with Gasteiger partial charge in [0.2, 0.25) is 5.91 Å². The minimum Gasteiger partial charge on any atom is -0.334 e. The summed E-state index contributed by atoms with van der Waals surface area (Å²) in [5.74, 6) is 0.238. The maximum absolute atomic E-state index is 13.4. The molecule has 1 amide bonds. The molecular formula is C25H29N3O4S2. The number of hydrogen-bond acceptors (Lipinski definition) is 6. The fourth-order valence-electron chi connectivity index (χ4n) is 4.22. The first-order valence-electron chi connectivity index (χ1n) is 11.4. The van der Waals surface area contributed by atoms with Gasteiger partial charge >= 0.3 is 0 Å². The highest BCUT2D eigenvalue weighted by Gasteiger charge is 2.34. The highest BCUT2D eigenvalue weighted by atomic mass is 32.2. The molecule has 2 heterocycles. The molecule has 1 aromatic heterocycles. The predicted octanol–water partition coefficient (Wildman–Crippen LogP) is 3.36. The third kappa shape index (κ3) is 5.70. The predicted molar refractivity (Wildman–Crippen MR) is 136 cm³/mol. The molecule has 0 bridgehead atoms. The van der Waals surface area contributed by atoms with Crippen LogP contribution in [0.5, 0.6) is 0 Å². The number of para-hydroxylation sites is 1. The van der Waals surface area contributed by atoms with Crippen molar-refractivity contribution in [3.05, 3.63) is 70.5 Å². The van der Waals surface area contributed by atoms with E-state index < -0.39 is 9.84 Å². The van der Waals surface area contributed by atoms with Gasteiger partial charge in [-0.05, 0) is 30.0 Å². The molecule has 0 aliphatic carbocycles. The van der Waals surface area contributed by atoms with E-state index in [1.54, 1.807) is 21.6 Å². The van der Waals surface area contributed by atoms with Gasteiger partial charge in [-0.1, -0.05) is 68.1 Å². The number of benzene rings is 2. The number of nitrogens with zero attached hydrogens (tertiary/aromatic N) is 3. The van der Waals surface area contributed by atoms with Crippen molar-refractivity contribution in [1.29, 1.82) is 0 Å². The first-order chi connectivity index (χ1) is 16.2. The lowest BCUT2D eigenvalue weighted by atomic mass is 10.1. The van der Waals surface area contributed by atoms with Crippen LogP contribution in [0.4, 0.5) is 0 Å². The molecule has 3 aromatic rings. The van der Waals surface area contributed by atoms with Crippen LogP contribution in [0.3, 0.4) is 0 Å². The highest BCUT2D eigenvalue weighted by Crippen LogP contribution is 2.24. The summed E-state index contributed by atoms with van der Waals surface area (Å²) in [5, 5.41) is 1.06. The smallest absolute Gasteiger partial charge is 0.262 e. The number of hydrogen-bond donors (Lipinski definition) is 0. The van der Waals surface area contributed by atoms with Gasteiger partial charge in [-0.2, -0.15) is 0 Å². The van der Waals surface area contributed by atoms with E-state index in [0.29, 0.717) is 35.6 Å². The monoisotopic (exact) mass is 499 g/mol. The molecule has 0 spiro atoms. The molecule has 4 rings (SSSR count). The van der Waals surface area contributed by atoms with Crippen LogP contribution in [-0.4, -0.2) is 52.1 Å². The van der Waals surface area contributed by atoms with Crippen LogP contribution >= 0.6 is 11.8 Å². The van der Waals surface area contributed by atoms with Crippen LogP contribution < -0.4 is 5.56 Å². The highest BCUT2D eigenvalue weighted by molar-refractivity contribution is 7.99.